The standard InChI is InChI=1S/C18H22N2O5S/c1-5-24-13-8-7-12(15(10-13)25-6-2)9-14-17(22)19(3)18(26)20(14)11-16(21)23-4/h7-10H,5-6,11H2,1-4H3/b14-9-. The molecular formula is C18H22N2O5S. The summed E-state index contributed by atoms with van der Waals surface area (Å²) in [6.45, 7) is 4.63. The molecule has 1 fully saturated rings. The van der Waals surface area contributed by atoms with Gasteiger partial charge in [-0.1, -0.05) is 0 Å². The highest BCUT2D eigenvalue weighted by Gasteiger charge is 2.36. The van der Waals surface area contributed by atoms with E-state index in [0.29, 0.717) is 30.3 Å². The molecule has 1 heterocycles. The molecule has 7 nitrogen and oxygen atoms in total. The monoisotopic (exact) mass is 378 g/mol. The number of nitrogens with zero attached hydrogens (tertiary/aromatic N) is 2. The molecule has 1 aliphatic rings. The van der Waals surface area contributed by atoms with Crippen molar-refractivity contribution in [3.8, 4) is 11.5 Å². The zero-order valence-electron chi connectivity index (χ0n) is 15.3. The summed E-state index contributed by atoms with van der Waals surface area (Å²) in [5, 5.41) is 0.246. The lowest BCUT2D eigenvalue weighted by atomic mass is 10.1. The van der Waals surface area contributed by atoms with E-state index in [-0.39, 0.29) is 23.3 Å². The maximum absolute atomic E-state index is 12.5. The van der Waals surface area contributed by atoms with Crippen molar-refractivity contribution >= 4 is 35.3 Å². The van der Waals surface area contributed by atoms with Gasteiger partial charge in [-0.2, -0.15) is 0 Å². The third kappa shape index (κ3) is 4.13. The van der Waals surface area contributed by atoms with Crippen molar-refractivity contribution in [2.24, 2.45) is 0 Å². The average Bonchev–Trinajstić information content (AvgIpc) is 2.82. The fourth-order valence-corrected chi connectivity index (χ4v) is 2.71. The highest BCUT2D eigenvalue weighted by molar-refractivity contribution is 7.80. The van der Waals surface area contributed by atoms with Gasteiger partial charge in [0, 0.05) is 18.7 Å². The molecule has 0 radical (unpaired) electrons. The predicted octanol–water partition coefficient (Wildman–Crippen LogP) is 2.06. The molecular weight excluding hydrogens is 356 g/mol. The van der Waals surface area contributed by atoms with Crippen LogP contribution in [0.15, 0.2) is 23.9 Å². The Morgan fingerprint density at radius 3 is 2.54 bits per heavy atom. The van der Waals surface area contributed by atoms with Crippen LogP contribution in [0.2, 0.25) is 0 Å². The summed E-state index contributed by atoms with van der Waals surface area (Å²) in [6, 6.07) is 5.37. The lowest BCUT2D eigenvalue weighted by Gasteiger charge is -2.17. The Bertz CT molecular complexity index is 747. The van der Waals surface area contributed by atoms with Crippen LogP contribution < -0.4 is 9.47 Å². The highest BCUT2D eigenvalue weighted by atomic mass is 32.1. The normalized spacial score (nSPS) is 15.6. The molecule has 0 atom stereocenters. The summed E-state index contributed by atoms with van der Waals surface area (Å²) in [7, 11) is 2.85. The van der Waals surface area contributed by atoms with Gasteiger partial charge in [0.1, 0.15) is 23.7 Å². The van der Waals surface area contributed by atoms with Crippen LogP contribution >= 0.6 is 12.2 Å². The van der Waals surface area contributed by atoms with Crippen molar-refractivity contribution in [2.45, 2.75) is 13.8 Å². The van der Waals surface area contributed by atoms with E-state index >= 15 is 0 Å². The molecule has 26 heavy (non-hydrogen) atoms. The molecule has 0 unspecified atom stereocenters. The van der Waals surface area contributed by atoms with Crippen LogP contribution in [0.5, 0.6) is 11.5 Å². The van der Waals surface area contributed by atoms with Gasteiger partial charge in [-0.3, -0.25) is 14.5 Å². The summed E-state index contributed by atoms with van der Waals surface area (Å²) in [4.78, 5) is 27.0. The van der Waals surface area contributed by atoms with Crippen LogP contribution in [-0.2, 0) is 14.3 Å². The number of carbonyl (C=O) groups excluding carboxylic acids is 2. The van der Waals surface area contributed by atoms with Crippen LogP contribution in [0.25, 0.3) is 6.08 Å². The fourth-order valence-electron chi connectivity index (χ4n) is 2.46. The largest absolute Gasteiger partial charge is 0.494 e. The van der Waals surface area contributed by atoms with E-state index in [1.165, 1.54) is 16.9 Å². The van der Waals surface area contributed by atoms with E-state index in [4.69, 9.17) is 26.4 Å². The number of ether oxygens (including phenoxy) is 3. The van der Waals surface area contributed by atoms with Crippen LogP contribution in [0.3, 0.4) is 0 Å². The van der Waals surface area contributed by atoms with Crippen molar-refractivity contribution in [1.29, 1.82) is 0 Å². The van der Waals surface area contributed by atoms with Gasteiger partial charge in [0.15, 0.2) is 5.11 Å². The first kappa shape index (κ1) is 19.7. The van der Waals surface area contributed by atoms with Gasteiger partial charge in [0.05, 0.1) is 20.3 Å². The van der Waals surface area contributed by atoms with E-state index < -0.39 is 5.97 Å². The van der Waals surface area contributed by atoms with Crippen molar-refractivity contribution in [1.82, 2.24) is 9.80 Å². The first-order valence-corrected chi connectivity index (χ1v) is 8.61. The Morgan fingerprint density at radius 2 is 1.92 bits per heavy atom. The van der Waals surface area contributed by atoms with Gasteiger partial charge in [0.2, 0.25) is 0 Å². The molecule has 0 spiro atoms. The Kier molecular flexibility index (Phi) is 6.57. The highest BCUT2D eigenvalue weighted by Crippen LogP contribution is 2.30. The van der Waals surface area contributed by atoms with Crippen molar-refractivity contribution in [3.05, 3.63) is 29.5 Å². The minimum Gasteiger partial charge on any atom is -0.494 e. The number of esters is 1. The number of carbonyl (C=O) groups is 2. The predicted molar refractivity (Wildman–Crippen MR) is 101 cm³/mol. The number of methoxy groups -OCH3 is 1. The van der Waals surface area contributed by atoms with E-state index in [1.807, 2.05) is 13.8 Å². The second kappa shape index (κ2) is 8.66. The van der Waals surface area contributed by atoms with E-state index in [0.717, 1.165) is 0 Å². The topological polar surface area (TPSA) is 68.3 Å². The Balaban J connectivity index is 2.45. The zero-order chi connectivity index (χ0) is 19.3. The van der Waals surface area contributed by atoms with Crippen LogP contribution in [0.4, 0.5) is 0 Å². The van der Waals surface area contributed by atoms with Gasteiger partial charge in [-0.15, -0.1) is 0 Å². The second-order valence-corrected chi connectivity index (χ2v) is 5.77. The fraction of sp³-hybridized carbons (Fsp3) is 0.389. The zero-order valence-corrected chi connectivity index (χ0v) is 16.1. The lowest BCUT2D eigenvalue weighted by molar-refractivity contribution is -0.140. The maximum atomic E-state index is 12.5. The molecule has 0 aliphatic carbocycles. The van der Waals surface area contributed by atoms with Gasteiger partial charge in [-0.25, -0.2) is 0 Å². The lowest BCUT2D eigenvalue weighted by Crippen LogP contribution is -2.33. The maximum Gasteiger partial charge on any atom is 0.325 e. The summed E-state index contributed by atoms with van der Waals surface area (Å²) in [5.41, 5.74) is 0.972. The van der Waals surface area contributed by atoms with E-state index in [9.17, 15) is 9.59 Å². The molecule has 140 valence electrons. The quantitative estimate of drug-likeness (QED) is 0.409. The second-order valence-electron chi connectivity index (χ2n) is 5.40. The summed E-state index contributed by atoms with van der Waals surface area (Å²) >= 11 is 5.27. The van der Waals surface area contributed by atoms with Gasteiger partial charge in [0.25, 0.3) is 5.91 Å². The summed E-state index contributed by atoms with van der Waals surface area (Å²) < 4.78 is 15.9. The Hall–Kier alpha value is -2.61. The molecule has 0 aromatic heterocycles. The molecule has 1 aliphatic heterocycles. The van der Waals surface area contributed by atoms with Crippen LogP contribution in [0, 0.1) is 0 Å². The number of rotatable bonds is 7. The van der Waals surface area contributed by atoms with Gasteiger partial charge < -0.3 is 19.1 Å². The number of likely N-dealkylation sites (N-methyl/N-ethyl adjacent to an activating group) is 1. The third-order valence-electron chi connectivity index (χ3n) is 3.74. The van der Waals surface area contributed by atoms with Crippen molar-refractivity contribution in [2.75, 3.05) is 33.9 Å². The molecule has 0 bridgehead atoms. The average molecular weight is 378 g/mol. The van der Waals surface area contributed by atoms with Crippen molar-refractivity contribution < 1.29 is 23.8 Å². The SMILES string of the molecule is CCOc1ccc(/C=C2/C(=O)N(C)C(=S)N2CC(=O)OC)c(OCC)c1. The van der Waals surface area contributed by atoms with Crippen LogP contribution in [0.1, 0.15) is 19.4 Å². The molecule has 1 aromatic carbocycles. The summed E-state index contributed by atoms with van der Waals surface area (Å²) in [5.74, 6) is 0.473. The molecule has 1 saturated heterocycles. The van der Waals surface area contributed by atoms with E-state index in [2.05, 4.69) is 0 Å². The first-order valence-electron chi connectivity index (χ1n) is 8.20. The molecule has 0 N–H and O–H groups in total. The number of thiocarbonyl (C=S) groups is 1. The number of amides is 1. The Morgan fingerprint density at radius 1 is 1.23 bits per heavy atom. The molecule has 2 rings (SSSR count). The molecule has 0 saturated carbocycles. The first-order chi connectivity index (χ1) is 12.4. The number of hydrogen-bond acceptors (Lipinski definition) is 6. The van der Waals surface area contributed by atoms with E-state index in [1.54, 1.807) is 31.3 Å². The smallest absolute Gasteiger partial charge is 0.325 e. The molecule has 8 heteroatoms. The van der Waals surface area contributed by atoms with Gasteiger partial charge in [-0.05, 0) is 44.3 Å². The third-order valence-corrected chi connectivity index (χ3v) is 4.23. The Labute approximate surface area is 158 Å². The van der Waals surface area contributed by atoms with Gasteiger partial charge >= 0.3 is 5.97 Å². The van der Waals surface area contributed by atoms with Crippen LogP contribution in [-0.4, -0.2) is 60.7 Å². The minimum atomic E-state index is -0.488. The number of hydrogen-bond donors (Lipinski definition) is 0. The molecule has 1 amide bonds. The molecule has 1 aromatic rings. The van der Waals surface area contributed by atoms with Crippen molar-refractivity contribution in [3.63, 3.8) is 0 Å². The minimum absolute atomic E-state index is 0.141. The summed E-state index contributed by atoms with van der Waals surface area (Å²) in [6.07, 6.45) is 1.65. The number of benzene rings is 1.